The lowest BCUT2D eigenvalue weighted by Crippen LogP contribution is -2.08. The highest BCUT2D eigenvalue weighted by Gasteiger charge is 2.16. The van der Waals surface area contributed by atoms with Gasteiger partial charge < -0.3 is 0 Å². The second kappa shape index (κ2) is 5.86. The highest BCUT2D eigenvalue weighted by atomic mass is 14.2. The third kappa shape index (κ3) is 3.22. The van der Waals surface area contributed by atoms with Gasteiger partial charge in [-0.3, -0.25) is 0 Å². The summed E-state index contributed by atoms with van der Waals surface area (Å²) in [6.07, 6.45) is 8.09. The Bertz CT molecular complexity index is 474. The van der Waals surface area contributed by atoms with Crippen molar-refractivity contribution in [3.8, 4) is 0 Å². The molecule has 18 heavy (non-hydrogen) atoms. The first-order valence-electron chi connectivity index (χ1n) is 6.72. The van der Waals surface area contributed by atoms with Crippen LogP contribution in [0.15, 0.2) is 65.8 Å². The van der Waals surface area contributed by atoms with Gasteiger partial charge in [0.1, 0.15) is 0 Å². The maximum absolute atomic E-state index is 4.10. The van der Waals surface area contributed by atoms with Crippen molar-refractivity contribution in [3.63, 3.8) is 0 Å². The molecule has 1 aromatic carbocycles. The summed E-state index contributed by atoms with van der Waals surface area (Å²) in [6, 6.07) is 10.7. The molecule has 1 aliphatic rings. The predicted molar refractivity (Wildman–Crippen MR) is 79.5 cm³/mol. The lowest BCUT2D eigenvalue weighted by Gasteiger charge is -2.23. The predicted octanol–water partition coefficient (Wildman–Crippen LogP) is 5.09. The van der Waals surface area contributed by atoms with Crippen LogP contribution >= 0.6 is 0 Å². The summed E-state index contributed by atoms with van der Waals surface area (Å²) in [4.78, 5) is 0. The minimum atomic E-state index is 0.635. The first-order chi connectivity index (χ1) is 8.66. The largest absolute Gasteiger partial charge is 0.0998 e. The van der Waals surface area contributed by atoms with E-state index >= 15 is 0 Å². The standard InChI is InChI=1S/C18H22/c1-14(2)17-11-9-15(3)18(13-17)12-10-16-7-5-4-6-8-16/h4-9,12,17H,1,10-11,13H2,2-3H3/b18-12+/t17-/m0/s1. The highest BCUT2D eigenvalue weighted by molar-refractivity contribution is 5.35. The van der Waals surface area contributed by atoms with E-state index in [1.165, 1.54) is 22.3 Å². The third-order valence-corrected chi connectivity index (χ3v) is 3.81. The fourth-order valence-corrected chi connectivity index (χ4v) is 2.43. The maximum Gasteiger partial charge on any atom is -0.00915 e. The molecule has 0 radical (unpaired) electrons. The van der Waals surface area contributed by atoms with E-state index in [-0.39, 0.29) is 0 Å². The highest BCUT2D eigenvalue weighted by Crippen LogP contribution is 2.32. The fourth-order valence-electron chi connectivity index (χ4n) is 2.43. The van der Waals surface area contributed by atoms with Crippen molar-refractivity contribution in [1.82, 2.24) is 0 Å². The Morgan fingerprint density at radius 2 is 2.06 bits per heavy atom. The van der Waals surface area contributed by atoms with Gasteiger partial charge in [-0.25, -0.2) is 0 Å². The quantitative estimate of drug-likeness (QED) is 0.644. The summed E-state index contributed by atoms with van der Waals surface area (Å²) in [5, 5.41) is 0. The van der Waals surface area contributed by atoms with Gasteiger partial charge in [0.05, 0.1) is 0 Å². The van der Waals surface area contributed by atoms with E-state index in [4.69, 9.17) is 0 Å². The van der Waals surface area contributed by atoms with Gasteiger partial charge in [-0.1, -0.05) is 60.2 Å². The summed E-state index contributed by atoms with van der Waals surface area (Å²) in [7, 11) is 0. The number of allylic oxidation sites excluding steroid dienone is 5. The van der Waals surface area contributed by atoms with Crippen molar-refractivity contribution < 1.29 is 0 Å². The number of benzene rings is 1. The van der Waals surface area contributed by atoms with Crippen molar-refractivity contribution in [3.05, 3.63) is 71.3 Å². The van der Waals surface area contributed by atoms with E-state index in [1.54, 1.807) is 0 Å². The molecule has 0 fully saturated rings. The zero-order valence-corrected chi connectivity index (χ0v) is 11.4. The van der Waals surface area contributed by atoms with Crippen molar-refractivity contribution in [2.45, 2.75) is 33.1 Å². The first-order valence-corrected chi connectivity index (χ1v) is 6.72. The van der Waals surface area contributed by atoms with Gasteiger partial charge in [0.15, 0.2) is 0 Å². The van der Waals surface area contributed by atoms with Crippen LogP contribution in [0.2, 0.25) is 0 Å². The zero-order valence-electron chi connectivity index (χ0n) is 11.4. The smallest absolute Gasteiger partial charge is 0.00915 e. The van der Waals surface area contributed by atoms with Gasteiger partial charge >= 0.3 is 0 Å². The van der Waals surface area contributed by atoms with E-state index in [9.17, 15) is 0 Å². The summed E-state index contributed by atoms with van der Waals surface area (Å²) in [5.74, 6) is 0.635. The number of hydrogen-bond acceptors (Lipinski definition) is 0. The molecule has 0 N–H and O–H groups in total. The Labute approximate surface area is 111 Å². The Morgan fingerprint density at radius 3 is 2.72 bits per heavy atom. The van der Waals surface area contributed by atoms with Crippen molar-refractivity contribution in [2.24, 2.45) is 5.92 Å². The van der Waals surface area contributed by atoms with Crippen molar-refractivity contribution in [1.29, 1.82) is 0 Å². The molecule has 94 valence electrons. The topological polar surface area (TPSA) is 0 Å². The van der Waals surface area contributed by atoms with Crippen LogP contribution in [0.25, 0.3) is 0 Å². The minimum absolute atomic E-state index is 0.635. The Kier molecular flexibility index (Phi) is 4.19. The molecule has 0 heteroatoms. The maximum atomic E-state index is 4.10. The Balaban J connectivity index is 2.09. The van der Waals surface area contributed by atoms with Crippen molar-refractivity contribution in [2.75, 3.05) is 0 Å². The second-order valence-corrected chi connectivity index (χ2v) is 5.29. The van der Waals surface area contributed by atoms with Gasteiger partial charge in [-0.2, -0.15) is 0 Å². The molecule has 0 saturated heterocycles. The molecule has 2 rings (SSSR count). The van der Waals surface area contributed by atoms with Crippen LogP contribution in [0.1, 0.15) is 32.3 Å². The monoisotopic (exact) mass is 238 g/mol. The van der Waals surface area contributed by atoms with Gasteiger partial charge in [-0.05, 0) is 50.2 Å². The fraction of sp³-hybridized carbons (Fsp3) is 0.333. The van der Waals surface area contributed by atoms with Crippen molar-refractivity contribution >= 4 is 0 Å². The normalized spacial score (nSPS) is 21.8. The molecule has 1 aromatic rings. The Morgan fingerprint density at radius 1 is 1.33 bits per heavy atom. The molecule has 0 aromatic heterocycles. The molecule has 0 bridgehead atoms. The zero-order chi connectivity index (χ0) is 13.0. The average molecular weight is 238 g/mol. The van der Waals surface area contributed by atoms with Crippen LogP contribution in [0.5, 0.6) is 0 Å². The molecule has 1 atom stereocenters. The lowest BCUT2D eigenvalue weighted by atomic mass is 9.82. The average Bonchev–Trinajstić information content (AvgIpc) is 2.38. The van der Waals surface area contributed by atoms with E-state index in [0.717, 1.165) is 19.3 Å². The summed E-state index contributed by atoms with van der Waals surface area (Å²) in [6.45, 7) is 8.47. The van der Waals surface area contributed by atoms with Gasteiger partial charge in [-0.15, -0.1) is 0 Å². The van der Waals surface area contributed by atoms with E-state index in [0.29, 0.717) is 5.92 Å². The molecular weight excluding hydrogens is 216 g/mol. The molecule has 0 spiro atoms. The van der Waals surface area contributed by atoms with Crippen LogP contribution in [0.4, 0.5) is 0 Å². The molecule has 0 unspecified atom stereocenters. The van der Waals surface area contributed by atoms with Gasteiger partial charge in [0.2, 0.25) is 0 Å². The number of hydrogen-bond donors (Lipinski definition) is 0. The van der Waals surface area contributed by atoms with Crippen LogP contribution in [-0.4, -0.2) is 0 Å². The van der Waals surface area contributed by atoms with E-state index < -0.39 is 0 Å². The van der Waals surface area contributed by atoms with Crippen LogP contribution in [-0.2, 0) is 6.42 Å². The lowest BCUT2D eigenvalue weighted by molar-refractivity contribution is 0.599. The molecule has 0 nitrogen and oxygen atoms in total. The first kappa shape index (κ1) is 12.9. The number of rotatable bonds is 3. The molecular formula is C18H22. The SMILES string of the molecule is C=C(C)[C@H]1CC=C(C)/C(=C/Cc2ccccc2)C1. The summed E-state index contributed by atoms with van der Waals surface area (Å²) < 4.78 is 0. The van der Waals surface area contributed by atoms with Gasteiger partial charge in [0, 0.05) is 0 Å². The molecule has 0 aliphatic heterocycles. The summed E-state index contributed by atoms with van der Waals surface area (Å²) in [5.41, 5.74) is 5.64. The molecule has 0 saturated carbocycles. The van der Waals surface area contributed by atoms with Crippen LogP contribution < -0.4 is 0 Å². The van der Waals surface area contributed by atoms with E-state index in [2.05, 4.69) is 62.9 Å². The van der Waals surface area contributed by atoms with Crippen LogP contribution in [0.3, 0.4) is 0 Å². The van der Waals surface area contributed by atoms with Crippen LogP contribution in [0, 0.1) is 5.92 Å². The summed E-state index contributed by atoms with van der Waals surface area (Å²) >= 11 is 0. The second-order valence-electron chi connectivity index (χ2n) is 5.29. The van der Waals surface area contributed by atoms with E-state index in [1.807, 2.05) is 0 Å². The minimum Gasteiger partial charge on any atom is -0.0998 e. The Hall–Kier alpha value is -1.56. The molecule has 1 aliphatic carbocycles. The molecule has 0 amide bonds. The third-order valence-electron chi connectivity index (χ3n) is 3.81. The molecule has 0 heterocycles. The van der Waals surface area contributed by atoms with Gasteiger partial charge in [0.25, 0.3) is 0 Å².